The molecule has 7 aliphatic heterocycles. The van der Waals surface area contributed by atoms with E-state index in [-0.39, 0.29) is 17.8 Å². The molecule has 19 N–H and O–H groups in total. The standard InChI is InChI=1S/C70H110O36/c1-25-36(76)52(101-59-48(88)43(83)51(26(2)96-59)100-57-44(84)37(77)29(74)22-93-57)50(90)62(95-25)106-64(92)70-17-15-65(3,4)19-28(70)27-9-10-34-66(5)13-12-35(67(6,24-73)33(66)11-14-69(34,8)68(27,7)16-18-70)99-63-55(104-61-47(87)42(82)40(80)32(21-72)98-61)53(102-60-46(86)41(81)39(79)31(20-71)97-60)49(89)54(103-63)56(91)105-58-45(85)38(78)30(75)23-94-58/h9,24-26,28-55,57-63,71-72,74-90H,10-23H2,1-8H3/t25-,26-,28-,29-,30-,31-,32-,33-,34-,35-,36-,37+,38+,39-,40-,41+,42+,43-,44-,45-,46-,47-,48-,49+,50-,51-,52+,53+,54+,55-,57+,58+,59+,60+,61+,62+,63-,66+,67-,68-,69-,70-/m0/s1. The van der Waals surface area contributed by atoms with Crippen LogP contribution in [-0.2, 0) is 80.7 Å². The highest BCUT2D eigenvalue weighted by Gasteiger charge is 2.72. The van der Waals surface area contributed by atoms with Crippen molar-refractivity contribution in [1.82, 2.24) is 0 Å². The van der Waals surface area contributed by atoms with Crippen molar-refractivity contribution in [2.75, 3.05) is 26.4 Å². The molecule has 0 spiro atoms. The molecule has 106 heavy (non-hydrogen) atoms. The van der Waals surface area contributed by atoms with E-state index in [1.165, 1.54) is 13.8 Å². The lowest BCUT2D eigenvalue weighted by Gasteiger charge is -2.71. The lowest BCUT2D eigenvalue weighted by atomic mass is 9.33. The van der Waals surface area contributed by atoms with Crippen LogP contribution in [0.25, 0.3) is 0 Å². The smallest absolute Gasteiger partial charge is 0.340 e. The Labute approximate surface area is 610 Å². The zero-order valence-electron chi connectivity index (χ0n) is 60.4. The van der Waals surface area contributed by atoms with Gasteiger partial charge in [0.1, 0.15) is 147 Å². The maximum Gasteiger partial charge on any atom is 0.340 e. The summed E-state index contributed by atoms with van der Waals surface area (Å²) in [7, 11) is 0. The predicted octanol–water partition coefficient (Wildman–Crippen LogP) is -6.52. The van der Waals surface area contributed by atoms with Crippen molar-refractivity contribution in [1.29, 1.82) is 0 Å². The number of rotatable bonds is 17. The molecule has 7 saturated heterocycles. The molecule has 36 nitrogen and oxygen atoms in total. The number of esters is 2. The van der Waals surface area contributed by atoms with E-state index >= 15 is 4.79 Å². The summed E-state index contributed by atoms with van der Waals surface area (Å²) in [5, 5.41) is 208. The van der Waals surface area contributed by atoms with Gasteiger partial charge in [0, 0.05) is 0 Å². The van der Waals surface area contributed by atoms with Gasteiger partial charge in [0.25, 0.3) is 0 Å². The summed E-state index contributed by atoms with van der Waals surface area (Å²) in [5.74, 6) is -3.22. The van der Waals surface area contributed by atoms with E-state index < -0.39 is 286 Å². The van der Waals surface area contributed by atoms with Crippen LogP contribution in [0.15, 0.2) is 11.6 Å². The number of aliphatic hydroxyl groups is 19. The first-order chi connectivity index (χ1) is 49.8. The van der Waals surface area contributed by atoms with Gasteiger partial charge in [-0.05, 0) is 117 Å². The maximum atomic E-state index is 15.5. The monoisotopic (exact) mass is 1530 g/mol. The third-order valence-electron chi connectivity index (χ3n) is 26.8. The van der Waals surface area contributed by atoms with E-state index in [1.807, 2.05) is 0 Å². The summed E-state index contributed by atoms with van der Waals surface area (Å²) in [6.45, 7) is 12.6. The van der Waals surface area contributed by atoms with Crippen molar-refractivity contribution >= 4 is 18.2 Å². The van der Waals surface area contributed by atoms with E-state index in [2.05, 4.69) is 40.7 Å². The minimum Gasteiger partial charge on any atom is -0.432 e. The molecule has 0 unspecified atom stereocenters. The number of hydrogen-bond acceptors (Lipinski definition) is 36. The molecular formula is C70H110O36. The van der Waals surface area contributed by atoms with E-state index in [0.717, 1.165) is 11.9 Å². The molecule has 42 atom stereocenters. The van der Waals surface area contributed by atoms with Gasteiger partial charge in [-0.3, -0.25) is 4.79 Å². The average molecular weight is 1530 g/mol. The lowest BCUT2D eigenvalue weighted by molar-refractivity contribution is -0.396. The number of allylic oxidation sites excluding steroid dienone is 2. The zero-order valence-corrected chi connectivity index (χ0v) is 60.4. The van der Waals surface area contributed by atoms with Crippen LogP contribution >= 0.6 is 0 Å². The van der Waals surface area contributed by atoms with Gasteiger partial charge in [-0.25, -0.2) is 4.79 Å². The van der Waals surface area contributed by atoms with Crippen LogP contribution in [0.4, 0.5) is 0 Å². The van der Waals surface area contributed by atoms with Gasteiger partial charge in [0.05, 0.1) is 55.6 Å². The number of carbonyl (C=O) groups is 3. The predicted molar refractivity (Wildman–Crippen MR) is 346 cm³/mol. The average Bonchev–Trinajstić information content (AvgIpc) is 0.673. The van der Waals surface area contributed by atoms with Crippen LogP contribution < -0.4 is 0 Å². The second-order valence-corrected chi connectivity index (χ2v) is 33.5. The summed E-state index contributed by atoms with van der Waals surface area (Å²) in [5.41, 5.74) is -3.62. The molecule has 36 heteroatoms. The van der Waals surface area contributed by atoms with Crippen molar-refractivity contribution in [2.45, 2.75) is 328 Å². The molecule has 0 bridgehead atoms. The second-order valence-electron chi connectivity index (χ2n) is 33.5. The molecule has 5 aliphatic carbocycles. The van der Waals surface area contributed by atoms with Crippen LogP contribution in [0.5, 0.6) is 0 Å². The Morgan fingerprint density at radius 2 is 1.00 bits per heavy atom. The van der Waals surface area contributed by atoms with Crippen LogP contribution in [0.2, 0.25) is 0 Å². The van der Waals surface area contributed by atoms with Crippen LogP contribution in [0.3, 0.4) is 0 Å². The fourth-order valence-electron chi connectivity index (χ4n) is 20.0. The molecule has 0 aromatic heterocycles. The van der Waals surface area contributed by atoms with E-state index in [4.69, 9.17) is 66.3 Å². The van der Waals surface area contributed by atoms with Crippen LogP contribution in [0.1, 0.15) is 120 Å². The van der Waals surface area contributed by atoms with Gasteiger partial charge >= 0.3 is 11.9 Å². The highest BCUT2D eigenvalue weighted by molar-refractivity contribution is 5.79. The first-order valence-corrected chi connectivity index (χ1v) is 36.9. The van der Waals surface area contributed by atoms with Gasteiger partial charge in [-0.15, -0.1) is 0 Å². The first kappa shape index (κ1) is 82.6. The minimum absolute atomic E-state index is 0.0710. The summed E-state index contributed by atoms with van der Waals surface area (Å²) < 4.78 is 83.5. The maximum absolute atomic E-state index is 15.5. The largest absolute Gasteiger partial charge is 0.432 e. The molecule has 12 rings (SSSR count). The summed E-state index contributed by atoms with van der Waals surface area (Å²) >= 11 is 0. The topological polar surface area (TPSA) is 565 Å². The van der Waals surface area contributed by atoms with Crippen molar-refractivity contribution in [2.24, 2.45) is 50.2 Å². The minimum atomic E-state index is -2.39. The van der Waals surface area contributed by atoms with Gasteiger partial charge < -0.3 is 168 Å². The lowest BCUT2D eigenvalue weighted by Crippen LogP contribution is -2.69. The molecular weight excluding hydrogens is 1420 g/mol. The number of hydrogen-bond donors (Lipinski definition) is 19. The Kier molecular flexibility index (Phi) is 24.3. The van der Waals surface area contributed by atoms with Gasteiger partial charge in [-0.1, -0.05) is 53.2 Å². The van der Waals surface area contributed by atoms with E-state index in [9.17, 15) is 107 Å². The summed E-state index contributed by atoms with van der Waals surface area (Å²) in [6, 6.07) is 0. The third-order valence-corrected chi connectivity index (χ3v) is 26.8. The van der Waals surface area contributed by atoms with Crippen molar-refractivity contribution in [3.05, 3.63) is 11.6 Å². The molecule has 0 radical (unpaired) electrons. The molecule has 0 aromatic carbocycles. The number of ether oxygens (including phenoxy) is 14. The molecule has 0 amide bonds. The Morgan fingerprint density at radius 1 is 0.472 bits per heavy atom. The second kappa shape index (κ2) is 31.1. The summed E-state index contributed by atoms with van der Waals surface area (Å²) in [6.07, 6.45) is -54.5. The number of carbonyl (C=O) groups excluding carboxylic acids is 3. The van der Waals surface area contributed by atoms with Gasteiger partial charge in [0.15, 0.2) is 37.6 Å². The molecule has 4 saturated carbocycles. The fourth-order valence-corrected chi connectivity index (χ4v) is 20.0. The fraction of sp³-hybridized carbons (Fsp3) is 0.929. The van der Waals surface area contributed by atoms with E-state index in [1.54, 1.807) is 6.92 Å². The van der Waals surface area contributed by atoms with Crippen LogP contribution in [0, 0.1) is 50.2 Å². The van der Waals surface area contributed by atoms with Gasteiger partial charge in [-0.2, -0.15) is 0 Å². The normalized spacial score (nSPS) is 54.6. The quantitative estimate of drug-likeness (QED) is 0.0279. The van der Waals surface area contributed by atoms with Crippen molar-refractivity contribution in [3.8, 4) is 0 Å². The molecule has 0 aromatic rings. The van der Waals surface area contributed by atoms with Gasteiger partial charge in [0.2, 0.25) is 12.6 Å². The van der Waals surface area contributed by atoms with Crippen molar-refractivity contribution < 1.29 is 178 Å². The highest BCUT2D eigenvalue weighted by atomic mass is 16.8. The Hall–Kier alpha value is -2.89. The Morgan fingerprint density at radius 3 is 1.60 bits per heavy atom. The number of fused-ring (bicyclic) bond motifs is 7. The first-order valence-electron chi connectivity index (χ1n) is 36.9. The van der Waals surface area contributed by atoms with Crippen LogP contribution in [-0.4, -0.2) is 351 Å². The Balaban J connectivity index is 0.806. The Bertz CT molecular complexity index is 3100. The van der Waals surface area contributed by atoms with Crippen molar-refractivity contribution in [3.63, 3.8) is 0 Å². The SMILES string of the molecule is C[C@@H]1O[C@H](OC(=O)[C@]23CCC(C)(C)C[C@H]2C2=CC[C@H]4[C@]5(C)CC[C@H](O[C@H]6O[C@@H](C(=O)O[C@H]7OC[C@H](O)[C@@H](O)[C@@H]7O)[C@H](O)[C@@H](O[C@H]7O[C@@H](CO)[C@H](O)[C@@H](O)[C@@H]7O)[C@@H]6O[C@H]6O[C@@H](CO)[C@H](O)[C@@H](O)[C@@H]6O)[C@@](C)(C=O)[C@H]5CC[C@]4(C)[C@@]2(C)CC3)[C@@H](O)[C@H](O[C@H]2O[C@@H](C)[C@H](O[C@H]3OC[C@H](O)[C@@H](O)[C@@H]3O)[C@@H](O)[C@@H]2O)[C@H]1O. The number of aldehydes is 1. The molecule has 606 valence electrons. The zero-order chi connectivity index (χ0) is 77.3. The third kappa shape index (κ3) is 14.2. The molecule has 11 fully saturated rings. The van der Waals surface area contributed by atoms with E-state index in [0.29, 0.717) is 57.8 Å². The molecule has 12 aliphatic rings. The number of aliphatic hydroxyl groups excluding tert-OH is 19. The highest BCUT2D eigenvalue weighted by Crippen LogP contribution is 2.76. The summed E-state index contributed by atoms with van der Waals surface area (Å²) in [4.78, 5) is 44.5. The molecule has 7 heterocycles.